The second-order valence-electron chi connectivity index (χ2n) is 8.12. The molecule has 0 aromatic heterocycles. The molecule has 3 amide bonds. The first-order valence-electron chi connectivity index (χ1n) is 11.4. The van der Waals surface area contributed by atoms with Crippen LogP contribution >= 0.6 is 34.8 Å². The Bertz CT molecular complexity index is 1390. The molecule has 0 unspecified atom stereocenters. The van der Waals surface area contributed by atoms with Crippen molar-refractivity contribution in [2.75, 3.05) is 22.1 Å². The normalized spacial score (nSPS) is 13.2. The van der Waals surface area contributed by atoms with Crippen LogP contribution in [0.5, 0.6) is 5.75 Å². The molecule has 0 bridgehead atoms. The summed E-state index contributed by atoms with van der Waals surface area (Å²) >= 11 is 18.3. The Morgan fingerprint density at radius 3 is 2.38 bits per heavy atom. The third-order valence-corrected chi connectivity index (χ3v) is 6.20. The second kappa shape index (κ2) is 11.7. The zero-order valence-corrected chi connectivity index (χ0v) is 22.0. The van der Waals surface area contributed by atoms with Crippen molar-refractivity contribution >= 4 is 69.6 Å². The maximum absolute atomic E-state index is 13.1. The van der Waals surface area contributed by atoms with Crippen molar-refractivity contribution < 1.29 is 19.1 Å². The van der Waals surface area contributed by atoms with Crippen LogP contribution in [0.25, 0.3) is 0 Å². The van der Waals surface area contributed by atoms with Gasteiger partial charge in [0.25, 0.3) is 17.7 Å². The molecule has 3 aromatic rings. The summed E-state index contributed by atoms with van der Waals surface area (Å²) in [7, 11) is 0. The van der Waals surface area contributed by atoms with E-state index in [-0.39, 0.29) is 32.4 Å². The first-order valence-corrected chi connectivity index (χ1v) is 12.6. The Balaban J connectivity index is 1.51. The van der Waals surface area contributed by atoms with Crippen LogP contribution in [0.2, 0.25) is 10.0 Å². The third-order valence-electron chi connectivity index (χ3n) is 5.42. The first kappa shape index (κ1) is 26.5. The SMILES string of the molecule is CCCCOc1ccccc1NC(=O)c1cccc(NC2=C(Cl)C(=O)N(c3cc(Cl)cc(Cl)c3)C2=O)c1. The molecule has 190 valence electrons. The zero-order chi connectivity index (χ0) is 26.5. The highest BCUT2D eigenvalue weighted by Gasteiger charge is 2.39. The van der Waals surface area contributed by atoms with E-state index in [4.69, 9.17) is 39.5 Å². The Morgan fingerprint density at radius 1 is 0.919 bits per heavy atom. The van der Waals surface area contributed by atoms with E-state index in [1.807, 2.05) is 6.07 Å². The molecule has 0 atom stereocenters. The maximum atomic E-state index is 13.1. The minimum Gasteiger partial charge on any atom is -0.491 e. The summed E-state index contributed by atoms with van der Waals surface area (Å²) in [6.45, 7) is 2.62. The Hall–Kier alpha value is -3.52. The number of carbonyl (C=O) groups excluding carboxylic acids is 3. The molecule has 1 aliphatic heterocycles. The van der Waals surface area contributed by atoms with Crippen molar-refractivity contribution in [1.82, 2.24) is 0 Å². The number of unbranched alkanes of at least 4 members (excludes halogenated alkanes) is 1. The topological polar surface area (TPSA) is 87.7 Å². The summed E-state index contributed by atoms with van der Waals surface area (Å²) in [6, 6.07) is 18.0. The van der Waals surface area contributed by atoms with Crippen molar-refractivity contribution in [3.8, 4) is 5.75 Å². The van der Waals surface area contributed by atoms with Crippen molar-refractivity contribution in [3.63, 3.8) is 0 Å². The van der Waals surface area contributed by atoms with Gasteiger partial charge in [0.1, 0.15) is 16.5 Å². The summed E-state index contributed by atoms with van der Waals surface area (Å²) in [4.78, 5) is 39.7. The fourth-order valence-electron chi connectivity index (χ4n) is 3.61. The molecule has 3 aromatic carbocycles. The lowest BCUT2D eigenvalue weighted by Gasteiger charge is -2.16. The molecule has 0 saturated carbocycles. The maximum Gasteiger partial charge on any atom is 0.283 e. The van der Waals surface area contributed by atoms with Crippen LogP contribution in [0, 0.1) is 0 Å². The van der Waals surface area contributed by atoms with Gasteiger partial charge in [0, 0.05) is 21.3 Å². The van der Waals surface area contributed by atoms with Gasteiger partial charge < -0.3 is 15.4 Å². The summed E-state index contributed by atoms with van der Waals surface area (Å²) in [5.41, 5.74) is 1.31. The number of benzene rings is 3. The van der Waals surface area contributed by atoms with Crippen LogP contribution in [0.15, 0.2) is 77.5 Å². The summed E-state index contributed by atoms with van der Waals surface area (Å²) in [5.74, 6) is -1.20. The third kappa shape index (κ3) is 6.07. The lowest BCUT2D eigenvalue weighted by Crippen LogP contribution is -2.32. The van der Waals surface area contributed by atoms with Crippen LogP contribution in [-0.2, 0) is 9.59 Å². The number of imide groups is 1. The molecule has 0 spiro atoms. The highest BCUT2D eigenvalue weighted by atomic mass is 35.5. The van der Waals surface area contributed by atoms with E-state index in [0.29, 0.717) is 29.3 Å². The molecular formula is C27H22Cl3N3O4. The monoisotopic (exact) mass is 557 g/mol. The van der Waals surface area contributed by atoms with Gasteiger partial charge in [0.05, 0.1) is 18.0 Å². The predicted octanol–water partition coefficient (Wildman–Crippen LogP) is 6.86. The second-order valence-corrected chi connectivity index (χ2v) is 9.37. The van der Waals surface area contributed by atoms with Crippen LogP contribution in [-0.4, -0.2) is 24.3 Å². The minimum atomic E-state index is -0.721. The zero-order valence-electron chi connectivity index (χ0n) is 19.7. The first-order chi connectivity index (χ1) is 17.8. The molecule has 10 heteroatoms. The Morgan fingerprint density at radius 2 is 1.65 bits per heavy atom. The molecule has 1 heterocycles. The lowest BCUT2D eigenvalue weighted by molar-refractivity contribution is -0.120. The average Bonchev–Trinajstić information content (AvgIpc) is 3.07. The average molecular weight is 559 g/mol. The van der Waals surface area contributed by atoms with E-state index in [1.54, 1.807) is 42.5 Å². The van der Waals surface area contributed by atoms with Gasteiger partial charge in [-0.2, -0.15) is 0 Å². The molecule has 0 aliphatic carbocycles. The van der Waals surface area contributed by atoms with Gasteiger partial charge in [0.2, 0.25) is 0 Å². The Labute approximate surface area is 229 Å². The van der Waals surface area contributed by atoms with Crippen LogP contribution < -0.4 is 20.3 Å². The number of nitrogens with one attached hydrogen (secondary N) is 2. The van der Waals surface area contributed by atoms with Crippen LogP contribution in [0.3, 0.4) is 0 Å². The molecule has 1 aliphatic rings. The highest BCUT2D eigenvalue weighted by Crippen LogP contribution is 2.33. The largest absolute Gasteiger partial charge is 0.491 e. The lowest BCUT2D eigenvalue weighted by atomic mass is 10.1. The summed E-state index contributed by atoms with van der Waals surface area (Å²) < 4.78 is 5.78. The number of hydrogen-bond acceptors (Lipinski definition) is 5. The standard InChI is InChI=1S/C27H22Cl3N3O4/c1-2-3-11-37-22-10-5-4-9-21(22)32-25(34)16-7-6-8-19(12-16)31-24-23(30)26(35)33(27(24)36)20-14-17(28)13-18(29)15-20/h4-10,12-15,31H,2-3,11H2,1H3,(H,32,34). The highest BCUT2D eigenvalue weighted by molar-refractivity contribution is 6.53. The number of hydrogen-bond donors (Lipinski definition) is 2. The smallest absolute Gasteiger partial charge is 0.283 e. The fraction of sp³-hybridized carbons (Fsp3) is 0.148. The summed E-state index contributed by atoms with van der Waals surface area (Å²) in [6.07, 6.45) is 1.89. The fourth-order valence-corrected chi connectivity index (χ4v) is 4.34. The van der Waals surface area contributed by atoms with E-state index in [2.05, 4.69) is 17.6 Å². The van der Waals surface area contributed by atoms with Crippen LogP contribution in [0.4, 0.5) is 17.1 Å². The van der Waals surface area contributed by atoms with Crippen LogP contribution in [0.1, 0.15) is 30.1 Å². The van der Waals surface area contributed by atoms with E-state index in [9.17, 15) is 14.4 Å². The molecule has 2 N–H and O–H groups in total. The number of rotatable bonds is 9. The van der Waals surface area contributed by atoms with Gasteiger partial charge in [-0.25, -0.2) is 4.90 Å². The van der Waals surface area contributed by atoms with E-state index < -0.39 is 11.8 Å². The quantitative estimate of drug-likeness (QED) is 0.221. The van der Waals surface area contributed by atoms with Gasteiger partial charge in [-0.15, -0.1) is 0 Å². The van der Waals surface area contributed by atoms with E-state index in [0.717, 1.165) is 17.7 Å². The number of carbonyl (C=O) groups is 3. The molecule has 0 fully saturated rings. The number of nitrogens with zero attached hydrogens (tertiary/aromatic N) is 1. The van der Waals surface area contributed by atoms with Gasteiger partial charge >= 0.3 is 0 Å². The van der Waals surface area contributed by atoms with Gasteiger partial charge in [0.15, 0.2) is 0 Å². The number of halogens is 3. The predicted molar refractivity (Wildman–Crippen MR) is 147 cm³/mol. The van der Waals surface area contributed by atoms with Gasteiger partial charge in [-0.3, -0.25) is 14.4 Å². The van der Waals surface area contributed by atoms with E-state index in [1.165, 1.54) is 18.2 Å². The molecule has 7 nitrogen and oxygen atoms in total. The van der Waals surface area contributed by atoms with Crippen molar-refractivity contribution in [1.29, 1.82) is 0 Å². The van der Waals surface area contributed by atoms with Crippen molar-refractivity contribution in [2.45, 2.75) is 19.8 Å². The van der Waals surface area contributed by atoms with E-state index >= 15 is 0 Å². The molecule has 4 rings (SSSR count). The van der Waals surface area contributed by atoms with Crippen molar-refractivity contribution in [2.24, 2.45) is 0 Å². The van der Waals surface area contributed by atoms with Gasteiger partial charge in [-0.05, 0) is 55.0 Å². The molecule has 0 radical (unpaired) electrons. The van der Waals surface area contributed by atoms with Gasteiger partial charge in [-0.1, -0.05) is 66.3 Å². The number of anilines is 3. The number of para-hydroxylation sites is 2. The number of amides is 3. The minimum absolute atomic E-state index is 0.130. The molecular weight excluding hydrogens is 537 g/mol. The Kier molecular flexibility index (Phi) is 8.38. The van der Waals surface area contributed by atoms with Crippen molar-refractivity contribution in [3.05, 3.63) is 93.1 Å². The molecule has 0 saturated heterocycles. The number of ether oxygens (including phenoxy) is 1. The summed E-state index contributed by atoms with van der Waals surface area (Å²) in [5, 5.41) is 5.95. The molecule has 37 heavy (non-hydrogen) atoms.